The lowest BCUT2D eigenvalue weighted by Crippen LogP contribution is -2.27. The molecule has 192 valence electrons. The van der Waals surface area contributed by atoms with Crippen LogP contribution in [-0.4, -0.2) is 26.8 Å². The average molecular weight is 532 g/mol. The summed E-state index contributed by atoms with van der Waals surface area (Å²) in [6.45, 7) is 2.42. The minimum absolute atomic E-state index is 0.209. The number of aromatic carboxylic acids is 1. The summed E-state index contributed by atoms with van der Waals surface area (Å²) in [4.78, 5) is 26.1. The molecular formula is C32H25N3O3S. The minimum Gasteiger partial charge on any atom is -0.478 e. The number of carbonyl (C=O) groups excluding carboxylic acids is 1. The lowest BCUT2D eigenvalue weighted by molar-refractivity contribution is 0.0696. The quantitative estimate of drug-likeness (QED) is 0.229. The Bertz CT molecular complexity index is 1820. The number of hydrogen-bond acceptors (Lipinski definition) is 4. The molecule has 6 aromatic rings. The van der Waals surface area contributed by atoms with Gasteiger partial charge in [-0.2, -0.15) is 5.10 Å². The fourth-order valence-electron chi connectivity index (χ4n) is 4.89. The number of hydrogen-bond donors (Lipinski definition) is 2. The van der Waals surface area contributed by atoms with E-state index in [1.165, 1.54) is 5.39 Å². The number of carboxylic acid groups (broad SMARTS) is 1. The van der Waals surface area contributed by atoms with E-state index in [-0.39, 0.29) is 17.5 Å². The van der Waals surface area contributed by atoms with Gasteiger partial charge in [-0.1, -0.05) is 54.6 Å². The lowest BCUT2D eigenvalue weighted by atomic mass is 10.0. The average Bonchev–Trinajstić information content (AvgIpc) is 3.63. The highest BCUT2D eigenvalue weighted by molar-refractivity contribution is 7.13. The molecule has 0 aliphatic carbocycles. The Labute approximate surface area is 229 Å². The van der Waals surface area contributed by atoms with Crippen molar-refractivity contribution < 1.29 is 14.7 Å². The molecule has 0 spiro atoms. The van der Waals surface area contributed by atoms with Crippen molar-refractivity contribution in [2.45, 2.75) is 19.5 Å². The zero-order valence-electron chi connectivity index (χ0n) is 21.2. The zero-order chi connectivity index (χ0) is 26.9. The number of benzene rings is 4. The highest BCUT2D eigenvalue weighted by Crippen LogP contribution is 2.31. The van der Waals surface area contributed by atoms with E-state index in [4.69, 9.17) is 0 Å². The predicted molar refractivity (Wildman–Crippen MR) is 155 cm³/mol. The van der Waals surface area contributed by atoms with E-state index in [1.54, 1.807) is 35.6 Å². The molecule has 0 unspecified atom stereocenters. The summed E-state index contributed by atoms with van der Waals surface area (Å²) in [5.74, 6) is -1.20. The molecule has 6 rings (SSSR count). The fourth-order valence-corrected chi connectivity index (χ4v) is 5.61. The van der Waals surface area contributed by atoms with Gasteiger partial charge in [0.05, 0.1) is 35.4 Å². The van der Waals surface area contributed by atoms with Crippen LogP contribution in [0.1, 0.15) is 44.8 Å². The molecule has 0 aliphatic rings. The van der Waals surface area contributed by atoms with E-state index in [1.807, 2.05) is 53.5 Å². The molecule has 0 saturated carbocycles. The van der Waals surface area contributed by atoms with E-state index in [9.17, 15) is 14.7 Å². The topological polar surface area (TPSA) is 84.2 Å². The number of carboxylic acids is 1. The molecule has 1 atom stereocenters. The van der Waals surface area contributed by atoms with E-state index < -0.39 is 5.97 Å². The van der Waals surface area contributed by atoms with Crippen molar-refractivity contribution in [1.82, 2.24) is 15.1 Å². The summed E-state index contributed by atoms with van der Waals surface area (Å²) in [5, 5.41) is 22.2. The molecule has 0 saturated heterocycles. The van der Waals surface area contributed by atoms with Crippen molar-refractivity contribution in [3.8, 4) is 10.4 Å². The normalized spacial score (nSPS) is 12.0. The lowest BCUT2D eigenvalue weighted by Gasteiger charge is -2.16. The first-order valence-corrected chi connectivity index (χ1v) is 13.5. The van der Waals surface area contributed by atoms with Crippen molar-refractivity contribution in [2.75, 3.05) is 0 Å². The highest BCUT2D eigenvalue weighted by Gasteiger charge is 2.20. The van der Waals surface area contributed by atoms with Gasteiger partial charge < -0.3 is 10.4 Å². The van der Waals surface area contributed by atoms with Crippen LogP contribution in [-0.2, 0) is 6.54 Å². The van der Waals surface area contributed by atoms with Crippen LogP contribution in [0.2, 0.25) is 0 Å². The Balaban J connectivity index is 1.38. The van der Waals surface area contributed by atoms with Crippen LogP contribution in [0.3, 0.4) is 0 Å². The van der Waals surface area contributed by atoms with E-state index in [0.717, 1.165) is 37.9 Å². The van der Waals surface area contributed by atoms with Crippen LogP contribution in [0.4, 0.5) is 0 Å². The number of carbonyl (C=O) groups is 2. The summed E-state index contributed by atoms with van der Waals surface area (Å²) in [6.07, 6.45) is 1.82. The summed E-state index contributed by atoms with van der Waals surface area (Å²) in [5.41, 5.74) is 4.41. The first kappa shape index (κ1) is 24.6. The number of aromatic nitrogens is 2. The van der Waals surface area contributed by atoms with Gasteiger partial charge in [0, 0.05) is 10.3 Å². The number of fused-ring (bicyclic) bond motifs is 2. The third kappa shape index (κ3) is 4.92. The van der Waals surface area contributed by atoms with Gasteiger partial charge in [0.1, 0.15) is 0 Å². The Morgan fingerprint density at radius 2 is 1.72 bits per heavy atom. The maximum atomic E-state index is 13.8. The van der Waals surface area contributed by atoms with Crippen molar-refractivity contribution in [1.29, 1.82) is 0 Å². The summed E-state index contributed by atoms with van der Waals surface area (Å²) in [6, 6.07) is 28.9. The third-order valence-electron chi connectivity index (χ3n) is 6.94. The van der Waals surface area contributed by atoms with Gasteiger partial charge >= 0.3 is 5.97 Å². The van der Waals surface area contributed by atoms with Gasteiger partial charge in [0.25, 0.3) is 5.91 Å². The minimum atomic E-state index is -0.981. The van der Waals surface area contributed by atoms with Gasteiger partial charge in [-0.15, -0.1) is 11.3 Å². The first-order valence-electron chi connectivity index (χ1n) is 12.6. The molecule has 2 N–H and O–H groups in total. The Hall–Kier alpha value is -4.75. The standard InChI is InChI=1S/C32H25N3O3S/c1-20(22-10-12-24(13-11-22)32(37)38)34-31(36)28-17-26(29-7-4-14-39-29)16-27-18-33-35(30(27)28)19-21-8-9-23-5-2-3-6-25(23)15-21/h2-18,20H,19H2,1H3,(H,34,36)(H,37,38)/t20-/m0/s1. The summed E-state index contributed by atoms with van der Waals surface area (Å²) >= 11 is 1.62. The van der Waals surface area contributed by atoms with Crippen molar-refractivity contribution in [2.24, 2.45) is 0 Å². The molecule has 2 heterocycles. The van der Waals surface area contributed by atoms with Crippen molar-refractivity contribution >= 4 is 44.9 Å². The second-order valence-corrected chi connectivity index (χ2v) is 10.5. The monoisotopic (exact) mass is 531 g/mol. The third-order valence-corrected chi connectivity index (χ3v) is 7.85. The largest absolute Gasteiger partial charge is 0.478 e. The van der Waals surface area contributed by atoms with Gasteiger partial charge in [-0.05, 0) is 76.2 Å². The van der Waals surface area contributed by atoms with Crippen LogP contribution in [0.25, 0.3) is 32.1 Å². The van der Waals surface area contributed by atoms with Gasteiger partial charge in [0.15, 0.2) is 0 Å². The van der Waals surface area contributed by atoms with Crippen molar-refractivity contribution in [3.63, 3.8) is 0 Å². The van der Waals surface area contributed by atoms with Crippen LogP contribution in [0.5, 0.6) is 0 Å². The van der Waals surface area contributed by atoms with Crippen LogP contribution in [0.15, 0.2) is 103 Å². The molecule has 0 radical (unpaired) electrons. The molecule has 0 aliphatic heterocycles. The molecule has 39 heavy (non-hydrogen) atoms. The van der Waals surface area contributed by atoms with Gasteiger partial charge in [-0.3, -0.25) is 9.48 Å². The van der Waals surface area contributed by atoms with Gasteiger partial charge in [-0.25, -0.2) is 4.79 Å². The second-order valence-electron chi connectivity index (χ2n) is 9.54. The second kappa shape index (κ2) is 10.2. The molecule has 1 amide bonds. The van der Waals surface area contributed by atoms with Crippen LogP contribution >= 0.6 is 11.3 Å². The van der Waals surface area contributed by atoms with Crippen LogP contribution < -0.4 is 5.32 Å². The highest BCUT2D eigenvalue weighted by atomic mass is 32.1. The number of nitrogens with zero attached hydrogens (tertiary/aromatic N) is 2. The van der Waals surface area contributed by atoms with Crippen molar-refractivity contribution in [3.05, 3.63) is 125 Å². The Morgan fingerprint density at radius 1 is 0.923 bits per heavy atom. The van der Waals surface area contributed by atoms with Crippen LogP contribution in [0, 0.1) is 0 Å². The zero-order valence-corrected chi connectivity index (χ0v) is 22.0. The first-order chi connectivity index (χ1) is 19.0. The van der Waals surface area contributed by atoms with E-state index >= 15 is 0 Å². The number of nitrogens with one attached hydrogen (secondary N) is 1. The molecule has 7 heteroatoms. The molecule has 2 aromatic heterocycles. The Kier molecular flexibility index (Phi) is 6.42. The number of amides is 1. The predicted octanol–water partition coefficient (Wildman–Crippen LogP) is 7.16. The number of thiophene rings is 1. The summed E-state index contributed by atoms with van der Waals surface area (Å²) in [7, 11) is 0. The van der Waals surface area contributed by atoms with E-state index in [2.05, 4.69) is 46.8 Å². The molecule has 0 fully saturated rings. The Morgan fingerprint density at radius 3 is 2.46 bits per heavy atom. The number of rotatable bonds is 7. The maximum absolute atomic E-state index is 13.8. The summed E-state index contributed by atoms with van der Waals surface area (Å²) < 4.78 is 1.89. The smallest absolute Gasteiger partial charge is 0.335 e. The molecular weight excluding hydrogens is 506 g/mol. The fraction of sp³-hybridized carbons (Fsp3) is 0.0938. The molecule has 6 nitrogen and oxygen atoms in total. The van der Waals surface area contributed by atoms with E-state index in [0.29, 0.717) is 12.1 Å². The molecule has 0 bridgehead atoms. The van der Waals surface area contributed by atoms with Gasteiger partial charge in [0.2, 0.25) is 0 Å². The maximum Gasteiger partial charge on any atom is 0.335 e. The SMILES string of the molecule is C[C@H](NC(=O)c1cc(-c2cccs2)cc2cnn(Cc3ccc4ccccc4c3)c12)c1ccc(C(=O)O)cc1. The molecule has 4 aromatic carbocycles.